The molecule has 1 aliphatic rings. The van der Waals surface area contributed by atoms with Crippen LogP contribution < -0.4 is 10.2 Å². The Morgan fingerprint density at radius 1 is 1.35 bits per heavy atom. The summed E-state index contributed by atoms with van der Waals surface area (Å²) in [7, 11) is 0. The minimum Gasteiger partial charge on any atom is -0.354 e. The van der Waals surface area contributed by atoms with Crippen LogP contribution in [0.2, 0.25) is 0 Å². The van der Waals surface area contributed by atoms with E-state index in [0.717, 1.165) is 31.2 Å². The van der Waals surface area contributed by atoms with Gasteiger partial charge in [0, 0.05) is 50.2 Å². The SMILES string of the molecule is CC(C)c1nccn1CCCNC(=O)c1ccc(N2CCC[C@@H]2C)nc1. The second-order valence-electron chi connectivity index (χ2n) is 7.33. The number of aromatic nitrogens is 3. The van der Waals surface area contributed by atoms with Gasteiger partial charge in [-0.2, -0.15) is 0 Å². The number of carbonyl (C=O) groups excluding carboxylic acids is 1. The van der Waals surface area contributed by atoms with E-state index in [9.17, 15) is 4.79 Å². The Morgan fingerprint density at radius 2 is 2.19 bits per heavy atom. The average molecular weight is 355 g/mol. The molecule has 140 valence electrons. The molecule has 3 heterocycles. The predicted molar refractivity (Wildman–Crippen MR) is 104 cm³/mol. The van der Waals surface area contributed by atoms with Crippen molar-refractivity contribution in [3.05, 3.63) is 42.1 Å². The molecule has 0 aromatic carbocycles. The van der Waals surface area contributed by atoms with Crippen LogP contribution in [0.5, 0.6) is 0 Å². The third kappa shape index (κ3) is 4.23. The van der Waals surface area contributed by atoms with E-state index in [0.29, 0.717) is 24.1 Å². The first kappa shape index (κ1) is 18.4. The number of imidazole rings is 1. The van der Waals surface area contributed by atoms with E-state index in [-0.39, 0.29) is 5.91 Å². The summed E-state index contributed by atoms with van der Waals surface area (Å²) >= 11 is 0. The summed E-state index contributed by atoms with van der Waals surface area (Å²) in [6.45, 7) is 9.05. The third-order valence-corrected chi connectivity index (χ3v) is 4.98. The quantitative estimate of drug-likeness (QED) is 0.775. The standard InChI is InChI=1S/C20H29N5O/c1-15(2)19-21-10-13-24(19)11-5-9-22-20(26)17-7-8-18(23-14-17)25-12-4-6-16(25)3/h7-8,10,13-16H,4-6,9,11-12H2,1-3H3,(H,22,26)/t16-/m0/s1. The number of rotatable bonds is 7. The largest absolute Gasteiger partial charge is 0.354 e. The molecule has 2 aromatic rings. The van der Waals surface area contributed by atoms with Crippen LogP contribution in [-0.2, 0) is 6.54 Å². The van der Waals surface area contributed by atoms with Gasteiger partial charge in [-0.05, 0) is 38.3 Å². The van der Waals surface area contributed by atoms with Crippen molar-refractivity contribution in [1.82, 2.24) is 19.9 Å². The first-order valence-electron chi connectivity index (χ1n) is 9.58. The molecule has 0 radical (unpaired) electrons. The van der Waals surface area contributed by atoms with Gasteiger partial charge in [-0.25, -0.2) is 9.97 Å². The highest BCUT2D eigenvalue weighted by molar-refractivity contribution is 5.94. The minimum absolute atomic E-state index is 0.0618. The molecular weight excluding hydrogens is 326 g/mol. The van der Waals surface area contributed by atoms with Gasteiger partial charge in [0.05, 0.1) is 5.56 Å². The van der Waals surface area contributed by atoms with Crippen molar-refractivity contribution in [3.63, 3.8) is 0 Å². The summed E-state index contributed by atoms with van der Waals surface area (Å²) in [5.41, 5.74) is 0.617. The second-order valence-corrected chi connectivity index (χ2v) is 7.33. The molecule has 2 aromatic heterocycles. The summed E-state index contributed by atoms with van der Waals surface area (Å²) < 4.78 is 2.16. The second kappa shape index (κ2) is 8.34. The molecule has 26 heavy (non-hydrogen) atoms. The number of hydrogen-bond acceptors (Lipinski definition) is 4. The van der Waals surface area contributed by atoms with Crippen LogP contribution in [0.15, 0.2) is 30.7 Å². The van der Waals surface area contributed by atoms with Crippen LogP contribution in [0.3, 0.4) is 0 Å². The first-order valence-corrected chi connectivity index (χ1v) is 9.58. The molecule has 0 unspecified atom stereocenters. The number of hydrogen-bond donors (Lipinski definition) is 1. The fourth-order valence-corrected chi connectivity index (χ4v) is 3.53. The van der Waals surface area contributed by atoms with E-state index in [1.165, 1.54) is 12.8 Å². The number of aryl methyl sites for hydroxylation is 1. The molecule has 0 saturated carbocycles. The highest BCUT2D eigenvalue weighted by atomic mass is 16.1. The van der Waals surface area contributed by atoms with Gasteiger partial charge < -0.3 is 14.8 Å². The van der Waals surface area contributed by atoms with Gasteiger partial charge in [0.15, 0.2) is 0 Å². The lowest BCUT2D eigenvalue weighted by Crippen LogP contribution is -2.28. The normalized spacial score (nSPS) is 17.1. The van der Waals surface area contributed by atoms with Crippen molar-refractivity contribution in [3.8, 4) is 0 Å². The Kier molecular flexibility index (Phi) is 5.91. The maximum atomic E-state index is 12.3. The molecule has 1 fully saturated rings. The van der Waals surface area contributed by atoms with E-state index >= 15 is 0 Å². The zero-order valence-electron chi connectivity index (χ0n) is 16.0. The summed E-state index contributed by atoms with van der Waals surface area (Å²) in [4.78, 5) is 23.5. The Hall–Kier alpha value is -2.37. The van der Waals surface area contributed by atoms with Crippen molar-refractivity contribution in [2.24, 2.45) is 0 Å². The number of nitrogens with one attached hydrogen (secondary N) is 1. The molecule has 1 atom stereocenters. The fraction of sp³-hybridized carbons (Fsp3) is 0.550. The molecule has 6 heteroatoms. The van der Waals surface area contributed by atoms with Crippen LogP contribution in [0, 0.1) is 0 Å². The van der Waals surface area contributed by atoms with Gasteiger partial charge in [-0.15, -0.1) is 0 Å². The van der Waals surface area contributed by atoms with Gasteiger partial charge in [0.25, 0.3) is 5.91 Å². The number of carbonyl (C=O) groups is 1. The molecule has 0 aliphatic carbocycles. The average Bonchev–Trinajstić information content (AvgIpc) is 3.27. The molecule has 0 bridgehead atoms. The Labute approximate surface area is 155 Å². The van der Waals surface area contributed by atoms with E-state index in [1.54, 1.807) is 6.20 Å². The van der Waals surface area contributed by atoms with Crippen LogP contribution in [0.4, 0.5) is 5.82 Å². The van der Waals surface area contributed by atoms with E-state index in [1.807, 2.05) is 24.5 Å². The monoisotopic (exact) mass is 355 g/mol. The van der Waals surface area contributed by atoms with Gasteiger partial charge >= 0.3 is 0 Å². The Bertz CT molecular complexity index is 722. The van der Waals surface area contributed by atoms with E-state index in [2.05, 4.69) is 45.5 Å². The maximum absolute atomic E-state index is 12.3. The maximum Gasteiger partial charge on any atom is 0.252 e. The summed E-state index contributed by atoms with van der Waals surface area (Å²) in [6.07, 6.45) is 8.81. The van der Waals surface area contributed by atoms with Crippen LogP contribution in [0.25, 0.3) is 0 Å². The lowest BCUT2D eigenvalue weighted by Gasteiger charge is -2.22. The van der Waals surface area contributed by atoms with Crippen molar-refractivity contribution >= 4 is 11.7 Å². The molecule has 1 amide bonds. The van der Waals surface area contributed by atoms with Gasteiger partial charge in [0.1, 0.15) is 11.6 Å². The Morgan fingerprint density at radius 3 is 2.85 bits per heavy atom. The van der Waals surface area contributed by atoms with Crippen molar-refractivity contribution in [1.29, 1.82) is 0 Å². The number of amides is 1. The van der Waals surface area contributed by atoms with Crippen LogP contribution >= 0.6 is 0 Å². The fourth-order valence-electron chi connectivity index (χ4n) is 3.53. The van der Waals surface area contributed by atoms with Crippen LogP contribution in [-0.4, -0.2) is 39.6 Å². The third-order valence-electron chi connectivity index (χ3n) is 4.98. The topological polar surface area (TPSA) is 63.1 Å². The summed E-state index contributed by atoms with van der Waals surface area (Å²) in [5.74, 6) is 2.40. The number of anilines is 1. The molecule has 6 nitrogen and oxygen atoms in total. The molecule has 1 aliphatic heterocycles. The van der Waals surface area contributed by atoms with E-state index < -0.39 is 0 Å². The Balaban J connectivity index is 1.47. The minimum atomic E-state index is -0.0618. The number of pyridine rings is 1. The molecule has 1 saturated heterocycles. The lowest BCUT2D eigenvalue weighted by molar-refractivity contribution is 0.0952. The van der Waals surface area contributed by atoms with Crippen LogP contribution in [0.1, 0.15) is 62.1 Å². The first-order chi connectivity index (χ1) is 12.6. The lowest BCUT2D eigenvalue weighted by atomic mass is 10.2. The summed E-state index contributed by atoms with van der Waals surface area (Å²) in [5, 5.41) is 2.98. The summed E-state index contributed by atoms with van der Waals surface area (Å²) in [6, 6.07) is 4.35. The molecular formula is C20H29N5O. The molecule has 1 N–H and O–H groups in total. The predicted octanol–water partition coefficient (Wildman–Crippen LogP) is 3.21. The highest BCUT2D eigenvalue weighted by Crippen LogP contribution is 2.23. The van der Waals surface area contributed by atoms with Gasteiger partial charge in [0.2, 0.25) is 0 Å². The number of nitrogens with zero attached hydrogens (tertiary/aromatic N) is 4. The molecule has 0 spiro atoms. The van der Waals surface area contributed by atoms with Gasteiger partial charge in [-0.1, -0.05) is 13.8 Å². The van der Waals surface area contributed by atoms with Crippen molar-refractivity contribution in [2.45, 2.75) is 58.5 Å². The molecule has 3 rings (SSSR count). The smallest absolute Gasteiger partial charge is 0.252 e. The van der Waals surface area contributed by atoms with Gasteiger partial charge in [-0.3, -0.25) is 4.79 Å². The van der Waals surface area contributed by atoms with Crippen molar-refractivity contribution in [2.75, 3.05) is 18.0 Å². The highest BCUT2D eigenvalue weighted by Gasteiger charge is 2.21. The van der Waals surface area contributed by atoms with Crippen molar-refractivity contribution < 1.29 is 4.79 Å². The van der Waals surface area contributed by atoms with E-state index in [4.69, 9.17) is 0 Å². The zero-order valence-corrected chi connectivity index (χ0v) is 16.0. The zero-order chi connectivity index (χ0) is 18.5.